The minimum absolute atomic E-state index is 0.0822. The largest absolute Gasteiger partial charge is 0.456 e. The van der Waals surface area contributed by atoms with Crippen molar-refractivity contribution in [3.05, 3.63) is 10.4 Å². The summed E-state index contributed by atoms with van der Waals surface area (Å²) in [5, 5.41) is 3.34. The van der Waals surface area contributed by atoms with E-state index in [4.69, 9.17) is 38.7 Å². The quantitative estimate of drug-likeness (QED) is 0.0988. The van der Waals surface area contributed by atoms with Crippen LogP contribution in [-0.4, -0.2) is 88.2 Å². The molecule has 5 atom stereocenters. The molecule has 0 aromatic rings. The van der Waals surface area contributed by atoms with E-state index in [0.717, 1.165) is 0 Å². The van der Waals surface area contributed by atoms with Gasteiger partial charge < -0.3 is 33.2 Å². The summed E-state index contributed by atoms with van der Waals surface area (Å²) in [6.07, 6.45) is -5.01. The van der Waals surface area contributed by atoms with Gasteiger partial charge in [0.2, 0.25) is 0 Å². The van der Waals surface area contributed by atoms with Gasteiger partial charge in [0.1, 0.15) is 0 Å². The Morgan fingerprint density at radius 1 is 0.839 bits per heavy atom. The van der Waals surface area contributed by atoms with E-state index >= 15 is 0 Å². The van der Waals surface area contributed by atoms with Gasteiger partial charge in [0, 0.05) is 32.2 Å². The summed E-state index contributed by atoms with van der Waals surface area (Å²) in [6.45, 7) is 6.61. The lowest BCUT2D eigenvalue weighted by atomic mass is 9.99. The van der Waals surface area contributed by atoms with Gasteiger partial charge in [0.15, 0.2) is 24.6 Å². The van der Waals surface area contributed by atoms with Crippen LogP contribution in [0.5, 0.6) is 0 Å². The predicted octanol–water partition coefficient (Wildman–Crippen LogP) is 0.886. The van der Waals surface area contributed by atoms with Gasteiger partial charge in [0.05, 0.1) is 39.1 Å². The van der Waals surface area contributed by atoms with Gasteiger partial charge in [-0.1, -0.05) is 5.11 Å². The molecule has 13 heteroatoms. The van der Waals surface area contributed by atoms with E-state index in [1.54, 1.807) is 6.92 Å². The number of nitrogens with zero attached hydrogens (tertiary/aromatic N) is 3. The van der Waals surface area contributed by atoms with Crippen molar-refractivity contribution in [3.8, 4) is 0 Å². The number of esters is 3. The molecule has 0 aliphatic carbocycles. The molecule has 0 spiro atoms. The van der Waals surface area contributed by atoms with Gasteiger partial charge in [-0.15, -0.1) is 0 Å². The Morgan fingerprint density at radius 3 is 1.94 bits per heavy atom. The molecule has 0 saturated carbocycles. The molecule has 176 valence electrons. The van der Waals surface area contributed by atoms with Crippen LogP contribution in [0.2, 0.25) is 0 Å². The topological polar surface area (TPSA) is 165 Å². The second kappa shape index (κ2) is 14.5. The lowest BCUT2D eigenvalue weighted by Crippen LogP contribution is -2.61. The molecule has 1 saturated heterocycles. The van der Waals surface area contributed by atoms with E-state index in [2.05, 4.69) is 10.0 Å². The van der Waals surface area contributed by atoms with E-state index in [9.17, 15) is 14.4 Å². The summed E-state index contributed by atoms with van der Waals surface area (Å²) >= 11 is 0. The van der Waals surface area contributed by atoms with E-state index in [1.807, 2.05) is 0 Å². The molecule has 1 fully saturated rings. The molecule has 1 heterocycles. The fraction of sp³-hybridized carbons (Fsp3) is 0.833. The highest BCUT2D eigenvalue weighted by Crippen LogP contribution is 2.29. The van der Waals surface area contributed by atoms with Crippen molar-refractivity contribution in [2.24, 2.45) is 5.11 Å². The number of azide groups is 1. The standard InChI is InChI=1S/C18H29N3O10/c1-11-15(29-12(2)22)16(30-13(3)23)17(31-14(4)24)18(28-11)27-10-9-26-8-7-25-6-5-20-21-19/h11,15-18H,5-10H2,1-4H3. The normalized spacial score (nSPS) is 25.2. The number of carbonyl (C=O) groups excluding carboxylic acids is 3. The van der Waals surface area contributed by atoms with Crippen LogP contribution in [0.15, 0.2) is 5.11 Å². The fourth-order valence-electron chi connectivity index (χ4n) is 2.80. The lowest BCUT2D eigenvalue weighted by Gasteiger charge is -2.43. The molecule has 0 amide bonds. The Balaban J connectivity index is 2.62. The van der Waals surface area contributed by atoms with Crippen molar-refractivity contribution in [1.29, 1.82) is 0 Å². The third-order valence-corrected chi connectivity index (χ3v) is 3.91. The Labute approximate surface area is 179 Å². The zero-order valence-electron chi connectivity index (χ0n) is 18.1. The summed E-state index contributed by atoms with van der Waals surface area (Å²) in [7, 11) is 0. The number of carbonyl (C=O) groups is 3. The number of rotatable bonds is 13. The van der Waals surface area contributed by atoms with Crippen LogP contribution in [0.1, 0.15) is 27.7 Å². The molecule has 0 aromatic heterocycles. The highest BCUT2D eigenvalue weighted by Gasteiger charge is 2.50. The van der Waals surface area contributed by atoms with Crippen molar-refractivity contribution in [3.63, 3.8) is 0 Å². The van der Waals surface area contributed by atoms with Gasteiger partial charge in [0.25, 0.3) is 0 Å². The zero-order valence-corrected chi connectivity index (χ0v) is 18.1. The van der Waals surface area contributed by atoms with E-state index in [1.165, 1.54) is 20.8 Å². The van der Waals surface area contributed by atoms with Crippen LogP contribution < -0.4 is 0 Å². The molecule has 0 bridgehead atoms. The molecule has 1 rings (SSSR count). The van der Waals surface area contributed by atoms with Crippen LogP contribution in [0.25, 0.3) is 10.4 Å². The Kier molecular flexibility index (Phi) is 12.5. The van der Waals surface area contributed by atoms with Crippen molar-refractivity contribution >= 4 is 17.9 Å². The first-order valence-corrected chi connectivity index (χ1v) is 9.71. The Morgan fingerprint density at radius 2 is 1.35 bits per heavy atom. The average molecular weight is 447 g/mol. The molecule has 1 aliphatic heterocycles. The first-order valence-electron chi connectivity index (χ1n) is 9.71. The van der Waals surface area contributed by atoms with Gasteiger partial charge in [-0.25, -0.2) is 0 Å². The summed E-state index contributed by atoms with van der Waals surface area (Å²) in [4.78, 5) is 37.3. The summed E-state index contributed by atoms with van der Waals surface area (Å²) in [6, 6.07) is 0. The monoisotopic (exact) mass is 447 g/mol. The predicted molar refractivity (Wildman–Crippen MR) is 103 cm³/mol. The second-order valence-corrected chi connectivity index (χ2v) is 6.48. The molecule has 0 aromatic carbocycles. The second-order valence-electron chi connectivity index (χ2n) is 6.48. The molecule has 0 N–H and O–H groups in total. The van der Waals surface area contributed by atoms with Crippen molar-refractivity contribution in [2.75, 3.05) is 39.6 Å². The molecule has 5 unspecified atom stereocenters. The highest BCUT2D eigenvalue weighted by atomic mass is 16.7. The maximum Gasteiger partial charge on any atom is 0.303 e. The van der Waals surface area contributed by atoms with Crippen LogP contribution in [-0.2, 0) is 47.5 Å². The maximum atomic E-state index is 11.6. The number of hydrogen-bond donors (Lipinski definition) is 0. The smallest absolute Gasteiger partial charge is 0.303 e. The number of ether oxygens (including phenoxy) is 7. The highest BCUT2D eigenvalue weighted by molar-refractivity contribution is 5.68. The van der Waals surface area contributed by atoms with Crippen molar-refractivity contribution in [2.45, 2.75) is 58.4 Å². The first-order chi connectivity index (χ1) is 14.8. The van der Waals surface area contributed by atoms with Gasteiger partial charge in [-0.05, 0) is 12.5 Å². The SMILES string of the molecule is CC(=O)OC1C(C)OC(OCCOCCOCCN=[N+]=[N-])C(OC(C)=O)C1OC(C)=O. The fourth-order valence-corrected chi connectivity index (χ4v) is 2.80. The van der Waals surface area contributed by atoms with Crippen LogP contribution in [0, 0.1) is 0 Å². The molecular formula is C18H29N3O10. The first kappa shape index (κ1) is 26.6. The van der Waals surface area contributed by atoms with E-state index in [-0.39, 0.29) is 19.8 Å². The van der Waals surface area contributed by atoms with E-state index < -0.39 is 48.6 Å². The van der Waals surface area contributed by atoms with E-state index in [0.29, 0.717) is 19.8 Å². The molecule has 13 nitrogen and oxygen atoms in total. The Bertz CT molecular complexity index is 640. The third-order valence-electron chi connectivity index (χ3n) is 3.91. The van der Waals surface area contributed by atoms with Crippen molar-refractivity contribution in [1.82, 2.24) is 0 Å². The summed E-state index contributed by atoms with van der Waals surface area (Å²) in [5.74, 6) is -1.89. The average Bonchev–Trinajstić information content (AvgIpc) is 2.68. The minimum atomic E-state index is -1.15. The number of hydrogen-bond acceptors (Lipinski definition) is 11. The van der Waals surface area contributed by atoms with Gasteiger partial charge in [-0.3, -0.25) is 14.4 Å². The van der Waals surface area contributed by atoms with Gasteiger partial charge in [-0.2, -0.15) is 0 Å². The minimum Gasteiger partial charge on any atom is -0.456 e. The van der Waals surface area contributed by atoms with Crippen LogP contribution >= 0.6 is 0 Å². The summed E-state index contributed by atoms with van der Waals surface area (Å²) < 4.78 is 37.7. The van der Waals surface area contributed by atoms with Gasteiger partial charge >= 0.3 is 17.9 Å². The molecule has 31 heavy (non-hydrogen) atoms. The summed E-state index contributed by atoms with van der Waals surface area (Å²) in [5.41, 5.74) is 8.15. The third kappa shape index (κ3) is 10.4. The zero-order chi connectivity index (χ0) is 23.2. The van der Waals surface area contributed by atoms with Crippen LogP contribution in [0.4, 0.5) is 0 Å². The molecular weight excluding hydrogens is 418 g/mol. The van der Waals surface area contributed by atoms with Crippen LogP contribution in [0.3, 0.4) is 0 Å². The Hall–Kier alpha value is -2.44. The maximum absolute atomic E-state index is 11.6. The molecule has 1 aliphatic rings. The van der Waals surface area contributed by atoms with Crippen molar-refractivity contribution < 1.29 is 47.5 Å². The lowest BCUT2D eigenvalue weighted by molar-refractivity contribution is -0.302. The molecule has 0 radical (unpaired) electrons.